The van der Waals surface area contributed by atoms with Gasteiger partial charge in [0.05, 0.1) is 12.2 Å². The molecule has 2 rings (SSSR count). The van der Waals surface area contributed by atoms with E-state index < -0.39 is 0 Å². The molecule has 0 bridgehead atoms. The Labute approximate surface area is 114 Å². The van der Waals surface area contributed by atoms with Crippen LogP contribution in [0.2, 0.25) is 0 Å². The number of nitrogens with zero attached hydrogens (tertiary/aromatic N) is 2. The minimum absolute atomic E-state index is 0.116. The van der Waals surface area contributed by atoms with E-state index in [0.29, 0.717) is 12.2 Å². The van der Waals surface area contributed by atoms with Crippen molar-refractivity contribution >= 4 is 21.6 Å². The lowest BCUT2D eigenvalue weighted by Crippen LogP contribution is -2.24. The molecule has 0 spiro atoms. The highest BCUT2D eigenvalue weighted by molar-refractivity contribution is 9.10. The van der Waals surface area contributed by atoms with E-state index in [1.807, 2.05) is 42.8 Å². The first kappa shape index (κ1) is 13.0. The second kappa shape index (κ2) is 5.02. The molecular formula is C13H16BrN3O. The van der Waals surface area contributed by atoms with E-state index in [9.17, 15) is 4.79 Å². The number of nitrogens with two attached hydrogens (primary N) is 1. The molecule has 4 nitrogen and oxygen atoms in total. The molecular weight excluding hydrogens is 294 g/mol. The van der Waals surface area contributed by atoms with Crippen LogP contribution in [0.3, 0.4) is 0 Å². The molecule has 0 aliphatic carbocycles. The standard InChI is InChI=1S/C13H16BrN3O/c1-3-16-9(2)12(15)13(18)17(16)8-10-5-4-6-11(14)7-10/h4-7H,3,8,15H2,1-2H3. The Morgan fingerprint density at radius 1 is 1.33 bits per heavy atom. The van der Waals surface area contributed by atoms with Gasteiger partial charge in [0, 0.05) is 11.0 Å². The Hall–Kier alpha value is -1.49. The van der Waals surface area contributed by atoms with E-state index in [1.54, 1.807) is 4.68 Å². The highest BCUT2D eigenvalue weighted by Crippen LogP contribution is 2.14. The summed E-state index contributed by atoms with van der Waals surface area (Å²) in [5.74, 6) is 0. The molecule has 1 aromatic heterocycles. The van der Waals surface area contributed by atoms with Gasteiger partial charge in [0.25, 0.3) is 5.56 Å². The highest BCUT2D eigenvalue weighted by atomic mass is 79.9. The summed E-state index contributed by atoms with van der Waals surface area (Å²) < 4.78 is 4.61. The Balaban J connectivity index is 2.46. The number of hydrogen-bond donors (Lipinski definition) is 1. The smallest absolute Gasteiger partial charge is 0.290 e. The van der Waals surface area contributed by atoms with Crippen LogP contribution in [0.15, 0.2) is 33.5 Å². The van der Waals surface area contributed by atoms with Gasteiger partial charge in [-0.3, -0.25) is 9.48 Å². The molecule has 0 fully saturated rings. The molecule has 0 unspecified atom stereocenters. The van der Waals surface area contributed by atoms with Crippen molar-refractivity contribution in [2.24, 2.45) is 0 Å². The first-order valence-corrected chi connectivity index (χ1v) is 6.64. The first-order valence-electron chi connectivity index (χ1n) is 5.84. The third-order valence-electron chi connectivity index (χ3n) is 3.05. The summed E-state index contributed by atoms with van der Waals surface area (Å²) in [6.45, 7) is 5.14. The lowest BCUT2D eigenvalue weighted by Gasteiger charge is -2.11. The molecule has 0 radical (unpaired) electrons. The molecule has 5 heteroatoms. The van der Waals surface area contributed by atoms with Crippen LogP contribution >= 0.6 is 15.9 Å². The number of rotatable bonds is 3. The summed E-state index contributed by atoms with van der Waals surface area (Å²) in [4.78, 5) is 12.1. The molecule has 0 amide bonds. The number of halogens is 1. The number of anilines is 1. The van der Waals surface area contributed by atoms with Gasteiger partial charge in [0.15, 0.2) is 0 Å². The molecule has 96 valence electrons. The predicted octanol–water partition coefficient (Wildman–Crippen LogP) is 2.37. The molecule has 0 saturated heterocycles. The second-order valence-corrected chi connectivity index (χ2v) is 5.12. The fourth-order valence-electron chi connectivity index (χ4n) is 2.10. The molecule has 2 N–H and O–H groups in total. The monoisotopic (exact) mass is 309 g/mol. The topological polar surface area (TPSA) is 52.9 Å². The quantitative estimate of drug-likeness (QED) is 0.946. The largest absolute Gasteiger partial charge is 0.393 e. The van der Waals surface area contributed by atoms with Crippen LogP contribution < -0.4 is 11.3 Å². The van der Waals surface area contributed by atoms with E-state index in [1.165, 1.54) is 0 Å². The van der Waals surface area contributed by atoms with Crippen molar-refractivity contribution in [1.29, 1.82) is 0 Å². The number of aromatic nitrogens is 2. The first-order chi connectivity index (χ1) is 8.54. The van der Waals surface area contributed by atoms with Crippen molar-refractivity contribution in [3.8, 4) is 0 Å². The summed E-state index contributed by atoms with van der Waals surface area (Å²) in [5, 5.41) is 0. The van der Waals surface area contributed by atoms with E-state index >= 15 is 0 Å². The van der Waals surface area contributed by atoms with Gasteiger partial charge in [-0.2, -0.15) is 0 Å². The van der Waals surface area contributed by atoms with Crippen LogP contribution in [0.1, 0.15) is 18.2 Å². The Morgan fingerprint density at radius 3 is 2.67 bits per heavy atom. The fourth-order valence-corrected chi connectivity index (χ4v) is 2.54. The normalized spacial score (nSPS) is 10.8. The average Bonchev–Trinajstić information content (AvgIpc) is 2.54. The minimum atomic E-state index is -0.116. The lowest BCUT2D eigenvalue weighted by molar-refractivity contribution is 0.479. The molecule has 1 heterocycles. The predicted molar refractivity (Wildman–Crippen MR) is 76.8 cm³/mol. The van der Waals surface area contributed by atoms with Gasteiger partial charge in [-0.05, 0) is 31.5 Å². The zero-order chi connectivity index (χ0) is 13.3. The van der Waals surface area contributed by atoms with Gasteiger partial charge in [0.2, 0.25) is 0 Å². The summed E-state index contributed by atoms with van der Waals surface area (Å²) in [6, 6.07) is 7.92. The third-order valence-corrected chi connectivity index (χ3v) is 3.55. The number of hydrogen-bond acceptors (Lipinski definition) is 2. The van der Waals surface area contributed by atoms with Crippen molar-refractivity contribution in [2.75, 3.05) is 5.73 Å². The summed E-state index contributed by atoms with van der Waals surface area (Å²) in [7, 11) is 0. The van der Waals surface area contributed by atoms with Gasteiger partial charge in [0.1, 0.15) is 5.69 Å². The van der Waals surface area contributed by atoms with Crippen molar-refractivity contribution in [3.63, 3.8) is 0 Å². The van der Waals surface area contributed by atoms with Crippen molar-refractivity contribution in [2.45, 2.75) is 26.9 Å². The van der Waals surface area contributed by atoms with Crippen molar-refractivity contribution in [1.82, 2.24) is 9.36 Å². The Morgan fingerprint density at radius 2 is 2.06 bits per heavy atom. The van der Waals surface area contributed by atoms with Gasteiger partial charge < -0.3 is 5.73 Å². The fraction of sp³-hybridized carbons (Fsp3) is 0.308. The van der Waals surface area contributed by atoms with Gasteiger partial charge in [-0.15, -0.1) is 0 Å². The average molecular weight is 310 g/mol. The lowest BCUT2D eigenvalue weighted by atomic mass is 10.2. The van der Waals surface area contributed by atoms with Crippen LogP contribution in [0.25, 0.3) is 0 Å². The van der Waals surface area contributed by atoms with Crippen LogP contribution in [0.5, 0.6) is 0 Å². The molecule has 0 aliphatic heterocycles. The molecule has 18 heavy (non-hydrogen) atoms. The zero-order valence-corrected chi connectivity index (χ0v) is 12.1. The number of nitrogen functional groups attached to an aromatic ring is 1. The highest BCUT2D eigenvalue weighted by Gasteiger charge is 2.13. The molecule has 2 aromatic rings. The van der Waals surface area contributed by atoms with Crippen LogP contribution in [0.4, 0.5) is 5.69 Å². The van der Waals surface area contributed by atoms with Gasteiger partial charge in [-0.25, -0.2) is 4.68 Å². The maximum atomic E-state index is 12.1. The summed E-state index contributed by atoms with van der Waals surface area (Å²) >= 11 is 3.43. The Bertz CT molecular complexity index is 628. The maximum absolute atomic E-state index is 12.1. The molecule has 1 aromatic carbocycles. The van der Waals surface area contributed by atoms with E-state index in [-0.39, 0.29) is 5.56 Å². The molecule has 0 atom stereocenters. The van der Waals surface area contributed by atoms with Crippen LogP contribution in [-0.4, -0.2) is 9.36 Å². The van der Waals surface area contributed by atoms with Crippen molar-refractivity contribution in [3.05, 3.63) is 50.3 Å². The van der Waals surface area contributed by atoms with Crippen LogP contribution in [0, 0.1) is 6.92 Å². The zero-order valence-electron chi connectivity index (χ0n) is 10.5. The van der Waals surface area contributed by atoms with Crippen molar-refractivity contribution < 1.29 is 0 Å². The van der Waals surface area contributed by atoms with E-state index in [0.717, 1.165) is 22.3 Å². The van der Waals surface area contributed by atoms with Crippen LogP contribution in [-0.2, 0) is 13.1 Å². The number of benzene rings is 1. The van der Waals surface area contributed by atoms with E-state index in [4.69, 9.17) is 5.73 Å². The maximum Gasteiger partial charge on any atom is 0.290 e. The van der Waals surface area contributed by atoms with Gasteiger partial charge in [-0.1, -0.05) is 28.1 Å². The third kappa shape index (κ3) is 2.22. The summed E-state index contributed by atoms with van der Waals surface area (Å²) in [5.41, 5.74) is 7.92. The SMILES string of the molecule is CCn1c(C)c(N)c(=O)n1Cc1cccc(Br)c1. The van der Waals surface area contributed by atoms with Gasteiger partial charge >= 0.3 is 0 Å². The van der Waals surface area contributed by atoms with E-state index in [2.05, 4.69) is 15.9 Å². The Kier molecular flexibility index (Phi) is 3.61. The molecule has 0 saturated carbocycles. The minimum Gasteiger partial charge on any atom is -0.393 e. The second-order valence-electron chi connectivity index (χ2n) is 4.21. The molecule has 0 aliphatic rings. The summed E-state index contributed by atoms with van der Waals surface area (Å²) in [6.07, 6.45) is 0.